The first-order valence-electron chi connectivity index (χ1n) is 4.84. The number of aromatic carboxylic acids is 1. The van der Waals surface area contributed by atoms with Crippen molar-refractivity contribution in [3.63, 3.8) is 0 Å². The molecule has 0 amide bonds. The SMILES string of the molecule is Cc1coc(-c2ccc(C(=O)O)c(C)c2)n1. The minimum atomic E-state index is -0.923. The van der Waals surface area contributed by atoms with Crippen molar-refractivity contribution >= 4 is 5.97 Å². The van der Waals surface area contributed by atoms with Crippen molar-refractivity contribution in [3.05, 3.63) is 41.3 Å². The van der Waals surface area contributed by atoms with E-state index in [2.05, 4.69) is 4.98 Å². The number of hydrogen-bond acceptors (Lipinski definition) is 3. The van der Waals surface area contributed by atoms with E-state index in [0.29, 0.717) is 17.0 Å². The number of rotatable bonds is 2. The van der Waals surface area contributed by atoms with Gasteiger partial charge in [-0.3, -0.25) is 0 Å². The van der Waals surface area contributed by atoms with E-state index in [9.17, 15) is 4.79 Å². The first-order chi connectivity index (χ1) is 7.58. The van der Waals surface area contributed by atoms with Gasteiger partial charge in [-0.05, 0) is 37.6 Å². The van der Waals surface area contributed by atoms with Gasteiger partial charge in [0.15, 0.2) is 0 Å². The van der Waals surface area contributed by atoms with Crippen LogP contribution in [-0.2, 0) is 0 Å². The van der Waals surface area contributed by atoms with Crippen LogP contribution in [0, 0.1) is 13.8 Å². The second-order valence-corrected chi connectivity index (χ2v) is 3.63. The molecule has 0 aliphatic heterocycles. The topological polar surface area (TPSA) is 63.3 Å². The molecule has 0 radical (unpaired) electrons. The number of oxazole rings is 1. The summed E-state index contributed by atoms with van der Waals surface area (Å²) in [4.78, 5) is 15.0. The quantitative estimate of drug-likeness (QED) is 0.839. The van der Waals surface area contributed by atoms with Gasteiger partial charge in [-0.1, -0.05) is 0 Å². The van der Waals surface area contributed by atoms with Crippen molar-refractivity contribution in [2.75, 3.05) is 0 Å². The van der Waals surface area contributed by atoms with Gasteiger partial charge in [0.25, 0.3) is 0 Å². The van der Waals surface area contributed by atoms with Gasteiger partial charge in [0.1, 0.15) is 6.26 Å². The fourth-order valence-electron chi connectivity index (χ4n) is 1.52. The van der Waals surface area contributed by atoms with E-state index in [1.54, 1.807) is 31.4 Å². The molecule has 2 rings (SSSR count). The zero-order valence-electron chi connectivity index (χ0n) is 9.02. The van der Waals surface area contributed by atoms with E-state index < -0.39 is 5.97 Å². The predicted molar refractivity (Wildman–Crippen MR) is 58.4 cm³/mol. The van der Waals surface area contributed by atoms with Crippen LogP contribution in [-0.4, -0.2) is 16.1 Å². The molecule has 0 aliphatic carbocycles. The van der Waals surface area contributed by atoms with Gasteiger partial charge in [0, 0.05) is 5.56 Å². The molecule has 82 valence electrons. The Morgan fingerprint density at radius 3 is 2.62 bits per heavy atom. The third-order valence-corrected chi connectivity index (χ3v) is 2.32. The van der Waals surface area contributed by atoms with E-state index in [1.807, 2.05) is 6.92 Å². The lowest BCUT2D eigenvalue weighted by Gasteiger charge is -2.02. The van der Waals surface area contributed by atoms with Crippen molar-refractivity contribution < 1.29 is 14.3 Å². The summed E-state index contributed by atoms with van der Waals surface area (Å²) in [5.74, 6) is -0.412. The number of aromatic nitrogens is 1. The lowest BCUT2D eigenvalue weighted by molar-refractivity contribution is 0.0696. The second kappa shape index (κ2) is 3.81. The Bertz CT molecular complexity index is 543. The Morgan fingerprint density at radius 1 is 1.38 bits per heavy atom. The molecule has 4 nitrogen and oxygen atoms in total. The molecule has 1 aromatic heterocycles. The van der Waals surface area contributed by atoms with Gasteiger partial charge in [-0.25, -0.2) is 9.78 Å². The van der Waals surface area contributed by atoms with Crippen LogP contribution in [0.15, 0.2) is 28.9 Å². The molecule has 4 heteroatoms. The van der Waals surface area contributed by atoms with Crippen molar-refractivity contribution in [1.29, 1.82) is 0 Å². The van der Waals surface area contributed by atoms with E-state index in [0.717, 1.165) is 11.3 Å². The molecule has 0 unspecified atom stereocenters. The molecular formula is C12H11NO3. The van der Waals surface area contributed by atoms with Crippen LogP contribution in [0.4, 0.5) is 0 Å². The monoisotopic (exact) mass is 217 g/mol. The average molecular weight is 217 g/mol. The van der Waals surface area contributed by atoms with Gasteiger partial charge < -0.3 is 9.52 Å². The molecule has 1 heterocycles. The number of carbonyl (C=O) groups is 1. The Hall–Kier alpha value is -2.10. The Balaban J connectivity index is 2.45. The molecule has 1 N–H and O–H groups in total. The maximum absolute atomic E-state index is 10.8. The fraction of sp³-hybridized carbons (Fsp3) is 0.167. The molecule has 16 heavy (non-hydrogen) atoms. The highest BCUT2D eigenvalue weighted by molar-refractivity contribution is 5.90. The average Bonchev–Trinajstić information content (AvgIpc) is 2.64. The summed E-state index contributed by atoms with van der Waals surface area (Å²) >= 11 is 0. The number of carboxylic acid groups (broad SMARTS) is 1. The third-order valence-electron chi connectivity index (χ3n) is 2.32. The molecule has 1 aromatic carbocycles. The lowest BCUT2D eigenvalue weighted by Crippen LogP contribution is -1.99. The standard InChI is InChI=1S/C12H11NO3/c1-7-5-9(3-4-10(7)12(14)15)11-13-8(2)6-16-11/h3-6H,1-2H3,(H,14,15). The molecule has 0 bridgehead atoms. The van der Waals surface area contributed by atoms with E-state index in [-0.39, 0.29) is 0 Å². The molecule has 0 spiro atoms. The Kier molecular flexibility index (Phi) is 2.48. The smallest absolute Gasteiger partial charge is 0.335 e. The minimum absolute atomic E-state index is 0.298. The van der Waals surface area contributed by atoms with E-state index >= 15 is 0 Å². The molecule has 0 saturated carbocycles. The van der Waals surface area contributed by atoms with E-state index in [1.165, 1.54) is 0 Å². The van der Waals surface area contributed by atoms with Crippen molar-refractivity contribution in [3.8, 4) is 11.5 Å². The first kappa shape index (κ1) is 10.4. The largest absolute Gasteiger partial charge is 0.478 e. The van der Waals surface area contributed by atoms with Gasteiger partial charge in [0.2, 0.25) is 5.89 Å². The van der Waals surface area contributed by atoms with Crippen LogP contribution in [0.3, 0.4) is 0 Å². The third kappa shape index (κ3) is 1.82. The zero-order valence-corrected chi connectivity index (χ0v) is 9.02. The van der Waals surface area contributed by atoms with E-state index in [4.69, 9.17) is 9.52 Å². The van der Waals surface area contributed by atoms with Crippen LogP contribution in [0.5, 0.6) is 0 Å². The van der Waals surface area contributed by atoms with Crippen molar-refractivity contribution in [2.45, 2.75) is 13.8 Å². The second-order valence-electron chi connectivity index (χ2n) is 3.63. The summed E-state index contributed by atoms with van der Waals surface area (Å²) in [6.45, 7) is 3.59. The van der Waals surface area contributed by atoms with Crippen LogP contribution < -0.4 is 0 Å². The molecule has 2 aromatic rings. The van der Waals surface area contributed by atoms with Gasteiger partial charge in [-0.2, -0.15) is 0 Å². The first-order valence-corrected chi connectivity index (χ1v) is 4.84. The molecule has 0 fully saturated rings. The minimum Gasteiger partial charge on any atom is -0.478 e. The van der Waals surface area contributed by atoms with Crippen LogP contribution >= 0.6 is 0 Å². The highest BCUT2D eigenvalue weighted by Gasteiger charge is 2.10. The van der Waals surface area contributed by atoms with Gasteiger partial charge >= 0.3 is 5.97 Å². The number of aryl methyl sites for hydroxylation is 2. The fourth-order valence-corrected chi connectivity index (χ4v) is 1.52. The summed E-state index contributed by atoms with van der Waals surface area (Å²) in [6, 6.07) is 5.02. The maximum Gasteiger partial charge on any atom is 0.335 e. The maximum atomic E-state index is 10.8. The van der Waals surface area contributed by atoms with Gasteiger partial charge in [-0.15, -0.1) is 0 Å². The summed E-state index contributed by atoms with van der Waals surface area (Å²) in [5, 5.41) is 8.89. The lowest BCUT2D eigenvalue weighted by atomic mass is 10.1. The zero-order chi connectivity index (χ0) is 11.7. The Labute approximate surface area is 92.6 Å². The van der Waals surface area contributed by atoms with Crippen molar-refractivity contribution in [1.82, 2.24) is 4.98 Å². The summed E-state index contributed by atoms with van der Waals surface area (Å²) < 4.78 is 5.25. The molecule has 0 aliphatic rings. The van der Waals surface area contributed by atoms with Crippen LogP contribution in [0.2, 0.25) is 0 Å². The predicted octanol–water partition coefficient (Wildman–Crippen LogP) is 2.66. The van der Waals surface area contributed by atoms with Crippen LogP contribution in [0.25, 0.3) is 11.5 Å². The van der Waals surface area contributed by atoms with Gasteiger partial charge in [0.05, 0.1) is 11.3 Å². The normalized spacial score (nSPS) is 10.4. The highest BCUT2D eigenvalue weighted by Crippen LogP contribution is 2.21. The molecular weight excluding hydrogens is 206 g/mol. The number of carboxylic acids is 1. The molecule has 0 saturated heterocycles. The summed E-state index contributed by atoms with van der Waals surface area (Å²) in [5.41, 5.74) is 2.58. The number of benzene rings is 1. The number of hydrogen-bond donors (Lipinski definition) is 1. The summed E-state index contributed by atoms with van der Waals surface area (Å²) in [7, 11) is 0. The number of nitrogens with zero attached hydrogens (tertiary/aromatic N) is 1. The summed E-state index contributed by atoms with van der Waals surface area (Å²) in [6.07, 6.45) is 1.57. The molecule has 0 atom stereocenters. The Morgan fingerprint density at radius 2 is 2.12 bits per heavy atom. The van der Waals surface area contributed by atoms with Crippen molar-refractivity contribution in [2.24, 2.45) is 0 Å². The van der Waals surface area contributed by atoms with Crippen LogP contribution in [0.1, 0.15) is 21.6 Å². The highest BCUT2D eigenvalue weighted by atomic mass is 16.4.